The number of ether oxygens (including phenoxy) is 3. The van der Waals surface area contributed by atoms with Gasteiger partial charge >= 0.3 is 5.97 Å². The molecule has 0 aromatic heterocycles. The summed E-state index contributed by atoms with van der Waals surface area (Å²) in [4.78, 5) is 39.6. The first-order valence-electron chi connectivity index (χ1n) is 9.48. The standard InChI is InChI=1S/C24H16O7/c1-29-15-8-4-3-6-11(15)23-20-18-13(10-14(25)19(20)24(28)31-23)21(26)12-7-5-9-16(30-2)17(12)22(18)27/h3-10,23,25H,1-2H3. The van der Waals surface area contributed by atoms with Crippen LogP contribution in [0.15, 0.2) is 48.5 Å². The lowest BCUT2D eigenvalue weighted by Crippen LogP contribution is -2.24. The summed E-state index contributed by atoms with van der Waals surface area (Å²) in [6.45, 7) is 0. The van der Waals surface area contributed by atoms with Crippen molar-refractivity contribution in [1.29, 1.82) is 0 Å². The normalized spacial score (nSPS) is 16.3. The minimum absolute atomic E-state index is 0.0141. The van der Waals surface area contributed by atoms with E-state index in [0.717, 1.165) is 6.07 Å². The number of methoxy groups -OCH3 is 2. The molecular formula is C24H16O7. The number of phenolic OH excluding ortho intramolecular Hbond substituents is 1. The summed E-state index contributed by atoms with van der Waals surface area (Å²) in [5.41, 5.74) is 0.852. The van der Waals surface area contributed by atoms with Crippen molar-refractivity contribution in [2.45, 2.75) is 6.10 Å². The first-order chi connectivity index (χ1) is 15.0. The van der Waals surface area contributed by atoms with Crippen LogP contribution in [0.5, 0.6) is 17.2 Å². The van der Waals surface area contributed by atoms with Crippen molar-refractivity contribution in [3.05, 3.63) is 87.5 Å². The second kappa shape index (κ2) is 6.70. The van der Waals surface area contributed by atoms with Crippen LogP contribution in [0.2, 0.25) is 0 Å². The Morgan fingerprint density at radius 3 is 2.26 bits per heavy atom. The Morgan fingerprint density at radius 1 is 0.806 bits per heavy atom. The summed E-state index contributed by atoms with van der Waals surface area (Å²) >= 11 is 0. The summed E-state index contributed by atoms with van der Waals surface area (Å²) < 4.78 is 16.3. The largest absolute Gasteiger partial charge is 0.507 e. The van der Waals surface area contributed by atoms with E-state index in [2.05, 4.69) is 0 Å². The molecule has 1 aliphatic heterocycles. The van der Waals surface area contributed by atoms with Gasteiger partial charge < -0.3 is 19.3 Å². The van der Waals surface area contributed by atoms with E-state index >= 15 is 0 Å². The van der Waals surface area contributed by atoms with E-state index in [0.29, 0.717) is 11.3 Å². The van der Waals surface area contributed by atoms with Gasteiger partial charge in [-0.05, 0) is 18.2 Å². The molecule has 1 atom stereocenters. The molecule has 2 aliphatic rings. The maximum absolute atomic E-state index is 13.6. The zero-order valence-corrected chi connectivity index (χ0v) is 16.6. The zero-order valence-electron chi connectivity index (χ0n) is 16.6. The molecule has 7 heteroatoms. The number of fused-ring (bicyclic) bond motifs is 4. The van der Waals surface area contributed by atoms with Crippen LogP contribution in [-0.4, -0.2) is 36.9 Å². The van der Waals surface area contributed by atoms with Crippen molar-refractivity contribution in [2.24, 2.45) is 0 Å². The summed E-state index contributed by atoms with van der Waals surface area (Å²) in [5, 5.41) is 10.6. The van der Waals surface area contributed by atoms with Crippen molar-refractivity contribution in [3.8, 4) is 17.2 Å². The van der Waals surface area contributed by atoms with Crippen molar-refractivity contribution in [3.63, 3.8) is 0 Å². The van der Waals surface area contributed by atoms with Crippen molar-refractivity contribution < 1.29 is 33.7 Å². The van der Waals surface area contributed by atoms with Crippen LogP contribution in [0.4, 0.5) is 0 Å². The Kier molecular flexibility index (Phi) is 4.08. The number of hydrogen-bond acceptors (Lipinski definition) is 7. The molecule has 0 saturated carbocycles. The lowest BCUT2D eigenvalue weighted by atomic mass is 9.78. The zero-order chi connectivity index (χ0) is 21.9. The lowest BCUT2D eigenvalue weighted by molar-refractivity contribution is 0.0449. The number of benzene rings is 3. The maximum Gasteiger partial charge on any atom is 0.343 e. The van der Waals surface area contributed by atoms with E-state index in [1.54, 1.807) is 36.4 Å². The first kappa shape index (κ1) is 18.9. The molecule has 1 N–H and O–H groups in total. The summed E-state index contributed by atoms with van der Waals surface area (Å²) in [7, 11) is 2.89. The number of carbonyl (C=O) groups is 3. The second-order valence-corrected chi connectivity index (χ2v) is 7.18. The maximum atomic E-state index is 13.6. The van der Waals surface area contributed by atoms with Crippen LogP contribution in [0.3, 0.4) is 0 Å². The van der Waals surface area contributed by atoms with Crippen LogP contribution in [0, 0.1) is 0 Å². The Morgan fingerprint density at radius 2 is 1.52 bits per heavy atom. The molecule has 0 spiro atoms. The molecule has 0 amide bonds. The van der Waals surface area contributed by atoms with Gasteiger partial charge in [0.2, 0.25) is 0 Å². The van der Waals surface area contributed by atoms with E-state index in [1.807, 2.05) is 0 Å². The van der Waals surface area contributed by atoms with Gasteiger partial charge in [-0.15, -0.1) is 0 Å². The summed E-state index contributed by atoms with van der Waals surface area (Å²) in [6, 6.07) is 12.8. The predicted molar refractivity (Wildman–Crippen MR) is 108 cm³/mol. The van der Waals surface area contributed by atoms with Gasteiger partial charge in [0, 0.05) is 27.8 Å². The Bertz CT molecular complexity index is 1310. The minimum atomic E-state index is -1.02. The molecular weight excluding hydrogens is 400 g/mol. The molecule has 0 radical (unpaired) electrons. The molecule has 7 nitrogen and oxygen atoms in total. The van der Waals surface area contributed by atoms with Crippen LogP contribution in [-0.2, 0) is 4.74 Å². The molecule has 0 bridgehead atoms. The fourth-order valence-electron chi connectivity index (χ4n) is 4.31. The van der Waals surface area contributed by atoms with Gasteiger partial charge in [-0.25, -0.2) is 4.79 Å². The Balaban J connectivity index is 1.84. The fourth-order valence-corrected chi connectivity index (χ4v) is 4.31. The third kappa shape index (κ3) is 2.49. The smallest absolute Gasteiger partial charge is 0.343 e. The van der Waals surface area contributed by atoms with Crippen molar-refractivity contribution in [2.75, 3.05) is 14.2 Å². The van der Waals surface area contributed by atoms with Gasteiger partial charge in [0.1, 0.15) is 22.8 Å². The number of carbonyl (C=O) groups excluding carboxylic acids is 3. The average molecular weight is 416 g/mol. The fraction of sp³-hybridized carbons (Fsp3) is 0.125. The lowest BCUT2D eigenvalue weighted by Gasteiger charge is -2.23. The molecule has 1 unspecified atom stereocenters. The summed E-state index contributed by atoms with van der Waals surface area (Å²) in [6.07, 6.45) is -1.02. The molecule has 31 heavy (non-hydrogen) atoms. The van der Waals surface area contributed by atoms with Crippen LogP contribution in [0.25, 0.3) is 0 Å². The van der Waals surface area contributed by atoms with Crippen LogP contribution >= 0.6 is 0 Å². The Labute approximate surface area is 176 Å². The number of cyclic esters (lactones) is 1. The number of ketones is 2. The van der Waals surface area contributed by atoms with Crippen LogP contribution < -0.4 is 9.47 Å². The number of hydrogen-bond donors (Lipinski definition) is 1. The van der Waals surface area contributed by atoms with Crippen LogP contribution in [0.1, 0.15) is 59.4 Å². The number of aromatic hydroxyl groups is 1. The second-order valence-electron chi connectivity index (χ2n) is 7.18. The molecule has 3 aromatic carbocycles. The topological polar surface area (TPSA) is 99.1 Å². The quantitative estimate of drug-likeness (QED) is 0.511. The third-order valence-electron chi connectivity index (χ3n) is 5.65. The van der Waals surface area contributed by atoms with E-state index in [1.165, 1.54) is 20.3 Å². The highest BCUT2D eigenvalue weighted by atomic mass is 16.6. The van der Waals surface area contributed by atoms with Gasteiger partial charge in [-0.2, -0.15) is 0 Å². The predicted octanol–water partition coefficient (Wildman–Crippen LogP) is 3.44. The summed E-state index contributed by atoms with van der Waals surface area (Å²) in [5.74, 6) is -1.42. The third-order valence-corrected chi connectivity index (χ3v) is 5.65. The van der Waals surface area contributed by atoms with Gasteiger partial charge in [0.25, 0.3) is 0 Å². The molecule has 1 aliphatic carbocycles. The van der Waals surface area contributed by atoms with Crippen molar-refractivity contribution in [1.82, 2.24) is 0 Å². The monoisotopic (exact) mass is 416 g/mol. The van der Waals surface area contributed by atoms with Gasteiger partial charge in [-0.1, -0.05) is 30.3 Å². The molecule has 154 valence electrons. The molecule has 1 heterocycles. The van der Waals surface area contributed by atoms with Gasteiger partial charge in [-0.3, -0.25) is 9.59 Å². The Hall–Kier alpha value is -4.13. The van der Waals surface area contributed by atoms with Crippen molar-refractivity contribution >= 4 is 17.5 Å². The highest BCUT2D eigenvalue weighted by Crippen LogP contribution is 2.48. The molecule has 0 fully saturated rings. The molecule has 3 aromatic rings. The molecule has 0 saturated heterocycles. The van der Waals surface area contributed by atoms with E-state index in [4.69, 9.17) is 14.2 Å². The minimum Gasteiger partial charge on any atom is -0.507 e. The number of rotatable bonds is 3. The van der Waals surface area contributed by atoms with E-state index < -0.39 is 29.4 Å². The highest BCUT2D eigenvalue weighted by Gasteiger charge is 2.45. The molecule has 5 rings (SSSR count). The van der Waals surface area contributed by atoms with Gasteiger partial charge in [0.15, 0.2) is 17.7 Å². The number of phenols is 1. The first-order valence-corrected chi connectivity index (χ1v) is 9.48. The average Bonchev–Trinajstić information content (AvgIpc) is 3.14. The highest BCUT2D eigenvalue weighted by molar-refractivity contribution is 6.30. The van der Waals surface area contributed by atoms with Gasteiger partial charge in [0.05, 0.1) is 19.8 Å². The SMILES string of the molecule is COc1ccccc1C1OC(=O)c2c(O)cc3c(c21)C(=O)c1c(OC)cccc1C3=O. The number of para-hydroxylation sites is 1. The van der Waals surface area contributed by atoms with E-state index in [-0.39, 0.29) is 39.1 Å². The van der Waals surface area contributed by atoms with E-state index in [9.17, 15) is 19.5 Å². The number of esters is 1.